The minimum Gasteiger partial charge on any atom is -0.490 e. The number of nitrogens with zero attached hydrogens (tertiary/aromatic N) is 4. The highest BCUT2D eigenvalue weighted by atomic mass is 16.7. The quantitative estimate of drug-likeness (QED) is 0.207. The number of rotatable bonds is 6. The lowest BCUT2D eigenvalue weighted by Gasteiger charge is -2.31. The van der Waals surface area contributed by atoms with E-state index in [1.165, 1.54) is 0 Å². The summed E-state index contributed by atoms with van der Waals surface area (Å²) < 4.78 is 36.6. The minimum absolute atomic E-state index is 0.310. The summed E-state index contributed by atoms with van der Waals surface area (Å²) in [7, 11) is 3.76. The van der Waals surface area contributed by atoms with Crippen LogP contribution in [0.5, 0.6) is 23.0 Å². The number of pyridine rings is 4. The van der Waals surface area contributed by atoms with E-state index in [1.807, 2.05) is 61.8 Å². The zero-order valence-corrected chi connectivity index (χ0v) is 27.6. The second-order valence-corrected chi connectivity index (χ2v) is 13.0. The van der Waals surface area contributed by atoms with Crippen LogP contribution in [0.2, 0.25) is 0 Å². The molecule has 4 aromatic heterocycles. The fourth-order valence-electron chi connectivity index (χ4n) is 8.18. The topological polar surface area (TPSA) is 52.4 Å². The summed E-state index contributed by atoms with van der Waals surface area (Å²) in [6.07, 6.45) is 8.37. The van der Waals surface area contributed by atoms with Crippen LogP contribution in [0.4, 0.5) is 0 Å². The van der Waals surface area contributed by atoms with E-state index in [4.69, 9.17) is 18.9 Å². The van der Waals surface area contributed by atoms with Crippen molar-refractivity contribution in [2.45, 2.75) is 18.0 Å². The first-order valence-corrected chi connectivity index (χ1v) is 16.9. The van der Waals surface area contributed by atoms with Crippen LogP contribution < -0.4 is 37.2 Å². The Kier molecular flexibility index (Phi) is 6.24. The third-order valence-electron chi connectivity index (χ3n) is 10.2. The van der Waals surface area contributed by atoms with Gasteiger partial charge < -0.3 is 18.9 Å². The maximum absolute atomic E-state index is 7.60. The first kappa shape index (κ1) is 28.7. The van der Waals surface area contributed by atoms with Gasteiger partial charge in [0.2, 0.25) is 11.5 Å². The van der Waals surface area contributed by atoms with Crippen LogP contribution in [0.25, 0.3) is 43.6 Å². The second-order valence-electron chi connectivity index (χ2n) is 13.0. The Morgan fingerprint density at radius 3 is 2.00 bits per heavy atom. The summed E-state index contributed by atoms with van der Waals surface area (Å²) in [5.41, 5.74) is 3.86. The number of fused-ring (bicyclic) bond motifs is 2. The molecule has 6 heterocycles. The summed E-state index contributed by atoms with van der Waals surface area (Å²) >= 11 is 0. The van der Waals surface area contributed by atoms with Gasteiger partial charge in [-0.1, -0.05) is 24.3 Å². The second kappa shape index (κ2) is 10.9. The molecule has 3 atom stereocenters. The predicted molar refractivity (Wildman–Crippen MR) is 187 cm³/mol. The van der Waals surface area contributed by atoms with Gasteiger partial charge in [-0.25, -0.2) is 0 Å². The summed E-state index contributed by atoms with van der Waals surface area (Å²) in [4.78, 5) is 0. The van der Waals surface area contributed by atoms with Gasteiger partial charge in [-0.3, -0.25) is 0 Å². The van der Waals surface area contributed by atoms with Crippen molar-refractivity contribution in [1.82, 2.24) is 0 Å². The number of aromatic nitrogens is 4. The van der Waals surface area contributed by atoms with Gasteiger partial charge in [-0.05, 0) is 72.8 Å². The van der Waals surface area contributed by atoms with Crippen molar-refractivity contribution in [2.24, 2.45) is 7.05 Å². The normalized spacial score (nSPS) is 18.2. The van der Waals surface area contributed by atoms with Gasteiger partial charge in [0, 0.05) is 24.3 Å². The highest BCUT2D eigenvalue weighted by Crippen LogP contribution is 2.45. The van der Waals surface area contributed by atoms with Gasteiger partial charge in [0.15, 0.2) is 42.9 Å². The van der Waals surface area contributed by atoms with Crippen molar-refractivity contribution in [3.63, 3.8) is 0 Å². The molecular weight excluding hydrogens is 624 g/mol. The van der Waals surface area contributed by atoms with Crippen LogP contribution in [0, 0.1) is 0 Å². The van der Waals surface area contributed by atoms with Gasteiger partial charge in [0.05, 0.1) is 28.7 Å². The lowest BCUT2D eigenvalue weighted by atomic mass is 9.99. The Hall–Kier alpha value is -6.28. The van der Waals surface area contributed by atoms with Crippen molar-refractivity contribution in [3.8, 4) is 23.0 Å². The highest BCUT2D eigenvalue weighted by Gasteiger charge is 2.72. The molecule has 0 bridgehead atoms. The Morgan fingerprint density at radius 1 is 0.620 bits per heavy atom. The van der Waals surface area contributed by atoms with Crippen LogP contribution in [0.15, 0.2) is 146 Å². The van der Waals surface area contributed by atoms with Crippen LogP contribution in [0.3, 0.4) is 0 Å². The number of aryl methyl sites for hydroxylation is 1. The molecular formula is C42H34N4O4+4. The van der Waals surface area contributed by atoms with Gasteiger partial charge in [-0.15, -0.1) is 4.57 Å². The highest BCUT2D eigenvalue weighted by molar-refractivity contribution is 5.84. The molecule has 0 spiro atoms. The molecule has 8 heteroatoms. The van der Waals surface area contributed by atoms with E-state index in [2.05, 4.69) is 110 Å². The van der Waals surface area contributed by atoms with E-state index in [9.17, 15) is 0 Å². The number of hydrogen-bond donors (Lipinski definition) is 0. The fourth-order valence-corrected chi connectivity index (χ4v) is 8.18. The predicted octanol–water partition coefficient (Wildman–Crippen LogP) is 5.95. The fraction of sp³-hybridized carbons (Fsp3) is 0.143. The van der Waals surface area contributed by atoms with Crippen molar-refractivity contribution in [3.05, 3.63) is 146 Å². The zero-order chi connectivity index (χ0) is 33.4. The van der Waals surface area contributed by atoms with E-state index in [1.54, 1.807) is 7.11 Å². The average molecular weight is 659 g/mol. The van der Waals surface area contributed by atoms with Gasteiger partial charge in [0.1, 0.15) is 7.05 Å². The number of para-hydroxylation sites is 4. The van der Waals surface area contributed by atoms with Gasteiger partial charge >= 0.3 is 12.0 Å². The molecule has 0 amide bonds. The summed E-state index contributed by atoms with van der Waals surface area (Å²) in [5, 5.41) is 4.24. The number of methoxy groups -OCH3 is 1. The standard InChI is InChI=1S/C42H34N4O4/c1-43-23-7-15-28-11-5-21-35(37(28)43)49-42(46-26-10-18-31-14-6-22-36(50-42)40(31)46)41(45-25-9-17-29-12-3-19-33(47-2)38(29)45)32-27-48-34-20-4-13-30-16-8-24-44(32)39(30)34/h3-26,32,41H,27H2,1-2H3/q+4. The van der Waals surface area contributed by atoms with Gasteiger partial charge in [-0.2, -0.15) is 13.7 Å². The molecule has 50 heavy (non-hydrogen) atoms. The first-order valence-electron chi connectivity index (χ1n) is 16.9. The Balaban J connectivity index is 1.34. The van der Waals surface area contributed by atoms with Crippen LogP contribution in [-0.4, -0.2) is 13.7 Å². The van der Waals surface area contributed by atoms with Crippen LogP contribution >= 0.6 is 0 Å². The van der Waals surface area contributed by atoms with E-state index >= 15 is 0 Å². The van der Waals surface area contributed by atoms with Crippen molar-refractivity contribution in [1.29, 1.82) is 0 Å². The maximum Gasteiger partial charge on any atom is 0.550 e. The summed E-state index contributed by atoms with van der Waals surface area (Å²) in [6.45, 7) is 0.370. The average Bonchev–Trinajstić information content (AvgIpc) is 3.47. The van der Waals surface area contributed by atoms with E-state index in [0.717, 1.165) is 60.9 Å². The largest absolute Gasteiger partial charge is 0.550 e. The molecule has 0 saturated heterocycles. The Morgan fingerprint density at radius 2 is 1.22 bits per heavy atom. The molecule has 242 valence electrons. The van der Waals surface area contributed by atoms with Gasteiger partial charge in [0.25, 0.3) is 28.1 Å². The minimum atomic E-state index is -1.45. The van der Waals surface area contributed by atoms with Crippen molar-refractivity contribution < 1.29 is 37.2 Å². The summed E-state index contributed by atoms with van der Waals surface area (Å²) in [5.74, 6) is 1.58. The molecule has 0 radical (unpaired) electrons. The van der Waals surface area contributed by atoms with E-state index in [-0.39, 0.29) is 6.04 Å². The van der Waals surface area contributed by atoms with Crippen LogP contribution in [-0.2, 0) is 13.0 Å². The SMILES string of the molecule is COc1cccc2ccc[n+](C(C3COc4cccc5ccc[n+]3c45)C3(Oc4cccc5ccc[n+](C)c45)Oc4cccc5ccc[n+]3c45)c12. The molecule has 0 saturated carbocycles. The van der Waals surface area contributed by atoms with E-state index in [0.29, 0.717) is 12.4 Å². The molecule has 2 aliphatic rings. The van der Waals surface area contributed by atoms with Crippen molar-refractivity contribution >= 4 is 43.6 Å². The molecule has 10 rings (SSSR count). The smallest absolute Gasteiger partial charge is 0.490 e. The lowest BCUT2D eigenvalue weighted by Crippen LogP contribution is -2.74. The zero-order valence-electron chi connectivity index (χ0n) is 27.6. The third-order valence-corrected chi connectivity index (χ3v) is 10.2. The van der Waals surface area contributed by atoms with E-state index < -0.39 is 12.0 Å². The number of hydrogen-bond acceptors (Lipinski definition) is 4. The Bertz CT molecular complexity index is 2640. The molecule has 2 aliphatic heterocycles. The number of ether oxygens (including phenoxy) is 4. The molecule has 8 nitrogen and oxygen atoms in total. The maximum atomic E-state index is 7.60. The monoisotopic (exact) mass is 658 g/mol. The molecule has 0 aliphatic carbocycles. The number of benzene rings is 4. The molecule has 0 N–H and O–H groups in total. The summed E-state index contributed by atoms with van der Waals surface area (Å²) in [6, 6.07) is 40.6. The third kappa shape index (κ3) is 4.05. The molecule has 8 aromatic rings. The first-order chi connectivity index (χ1) is 24.6. The Labute approximate surface area is 288 Å². The molecule has 4 aromatic carbocycles. The lowest BCUT2D eigenvalue weighted by molar-refractivity contribution is -0.909. The van der Waals surface area contributed by atoms with Crippen LogP contribution in [0.1, 0.15) is 12.1 Å². The van der Waals surface area contributed by atoms with Crippen molar-refractivity contribution in [2.75, 3.05) is 13.7 Å². The molecule has 0 fully saturated rings. The molecule has 3 unspecified atom stereocenters.